The Balaban J connectivity index is 0.883. The number of fused-ring (bicyclic) bond motifs is 5. The van der Waals surface area contributed by atoms with Gasteiger partial charge in [-0.25, -0.2) is 9.37 Å². The summed E-state index contributed by atoms with van der Waals surface area (Å²) in [5.41, 5.74) is 0.144. The zero-order chi connectivity index (χ0) is 38.2. The summed E-state index contributed by atoms with van der Waals surface area (Å²) in [5, 5.41) is 9.45. The van der Waals surface area contributed by atoms with Crippen molar-refractivity contribution in [2.75, 3.05) is 65.6 Å². The van der Waals surface area contributed by atoms with Gasteiger partial charge in [0.05, 0.1) is 74.2 Å². The predicted octanol–water partition coefficient (Wildman–Crippen LogP) is 1.26. The molecule has 9 rings (SSSR count). The summed E-state index contributed by atoms with van der Waals surface area (Å²) in [6.07, 6.45) is 14.6. The van der Waals surface area contributed by atoms with E-state index in [0.29, 0.717) is 37.6 Å². The Bertz CT molecular complexity index is 1580. The van der Waals surface area contributed by atoms with Crippen LogP contribution in [0.1, 0.15) is 64.2 Å². The van der Waals surface area contributed by atoms with E-state index in [2.05, 4.69) is 35.6 Å². The van der Waals surface area contributed by atoms with Gasteiger partial charge in [0.15, 0.2) is 5.78 Å². The second kappa shape index (κ2) is 17.1. The number of carbonyl (C=O) groups is 3. The fourth-order valence-corrected chi connectivity index (χ4v) is 11.7. The molecule has 4 saturated heterocycles. The molecular weight excluding hydrogens is 719 g/mol. The summed E-state index contributed by atoms with van der Waals surface area (Å²) in [6.45, 7) is 7.52. The molecule has 8 aliphatic rings. The van der Waals surface area contributed by atoms with Gasteiger partial charge in [-0.05, 0) is 76.3 Å². The summed E-state index contributed by atoms with van der Waals surface area (Å²) in [6, 6.07) is -1.04. The first-order valence-electron chi connectivity index (χ1n) is 21.7. The van der Waals surface area contributed by atoms with Gasteiger partial charge >= 0.3 is 0 Å². The van der Waals surface area contributed by atoms with Crippen LogP contribution in [0.15, 0.2) is 30.5 Å². The van der Waals surface area contributed by atoms with E-state index in [1.807, 2.05) is 17.0 Å². The van der Waals surface area contributed by atoms with E-state index in [-0.39, 0.29) is 66.5 Å². The van der Waals surface area contributed by atoms with Gasteiger partial charge < -0.3 is 39.6 Å². The van der Waals surface area contributed by atoms with Crippen LogP contribution in [-0.4, -0.2) is 162 Å². The number of imidazole rings is 1. The molecule has 0 radical (unpaired) electrons. The molecule has 12 atom stereocenters. The predicted molar refractivity (Wildman–Crippen MR) is 204 cm³/mol. The number of hydrogen-bond donors (Lipinski definition) is 3. The number of likely N-dealkylation sites (tertiary alicyclic amines) is 1. The number of aromatic nitrogens is 2. The number of rotatable bonds is 13. The minimum absolute atomic E-state index is 0.0484. The molecule has 0 bridgehead atoms. The smallest absolute Gasteiger partial charge is 0.256 e. The van der Waals surface area contributed by atoms with Crippen molar-refractivity contribution >= 4 is 17.6 Å². The Kier molecular flexibility index (Phi) is 11.8. The third kappa shape index (κ3) is 7.92. The highest BCUT2D eigenvalue weighted by atomic mass is 19.1. The lowest BCUT2D eigenvalue weighted by Crippen LogP contribution is -2.73. The van der Waals surface area contributed by atoms with Crippen molar-refractivity contribution in [3.63, 3.8) is 0 Å². The number of halogens is 1. The number of amides is 2. The maximum Gasteiger partial charge on any atom is 0.256 e. The Hall–Kier alpha value is -2.95. The number of aryl methyl sites for hydroxylation is 1. The summed E-state index contributed by atoms with van der Waals surface area (Å²) >= 11 is 0. The molecule has 14 nitrogen and oxygen atoms in total. The maximum absolute atomic E-state index is 16.8. The standard InChI is InChI=1S/C41H61FN8O6/c42-31-19-29-37-40(38(31)49-13-7-26(23-49)46-36(51)22-43-8-3-12-48-14-10-44-25-48)56-35-20-28-27-5-1-2-6-33(27)55-34(28)21-32(35)50(37)24-30(39(29)52)41(53)45-9-4-11-47-15-17-54-18-16-47/h10,14,24-29,31-35,37-38,40,43H,1-9,11-13,15-23H2,(H,45,53)(H,46,51)/t26-,27?,28?,29?,31?,32?,33?,34?,35?,37?,38?,40?/m1/s1. The summed E-state index contributed by atoms with van der Waals surface area (Å²) in [5.74, 6) is -0.427. The molecule has 0 aromatic carbocycles. The monoisotopic (exact) mass is 780 g/mol. The second-order valence-electron chi connectivity index (χ2n) is 17.6. The Morgan fingerprint density at radius 2 is 1.77 bits per heavy atom. The molecule has 1 aromatic rings. The average molecular weight is 781 g/mol. The van der Waals surface area contributed by atoms with Crippen molar-refractivity contribution < 1.29 is 33.0 Å². The van der Waals surface area contributed by atoms with Crippen molar-refractivity contribution in [2.45, 2.75) is 126 Å². The number of carbonyl (C=O) groups excluding carboxylic acids is 3. The van der Waals surface area contributed by atoms with Crippen LogP contribution in [0.3, 0.4) is 0 Å². The van der Waals surface area contributed by atoms with E-state index in [0.717, 1.165) is 84.5 Å². The van der Waals surface area contributed by atoms with Crippen LogP contribution in [0.2, 0.25) is 0 Å². The van der Waals surface area contributed by atoms with Crippen molar-refractivity contribution in [2.24, 2.45) is 17.8 Å². The number of nitrogens with one attached hydrogen (secondary N) is 3. The molecule has 308 valence electrons. The molecule has 3 aliphatic carbocycles. The lowest BCUT2D eigenvalue weighted by molar-refractivity contribution is -0.220. The van der Waals surface area contributed by atoms with Crippen LogP contribution in [-0.2, 0) is 35.1 Å². The molecule has 5 aliphatic heterocycles. The van der Waals surface area contributed by atoms with Gasteiger partial charge in [-0.2, -0.15) is 0 Å². The van der Waals surface area contributed by atoms with Crippen LogP contribution < -0.4 is 16.0 Å². The highest BCUT2D eigenvalue weighted by molar-refractivity contribution is 6.20. The van der Waals surface area contributed by atoms with Crippen molar-refractivity contribution in [1.82, 2.24) is 40.2 Å². The zero-order valence-corrected chi connectivity index (χ0v) is 32.7. The summed E-state index contributed by atoms with van der Waals surface area (Å²) < 4.78 is 38.2. The molecular formula is C41H61FN8O6. The van der Waals surface area contributed by atoms with Gasteiger partial charge in [0, 0.05) is 69.8 Å². The highest BCUT2D eigenvalue weighted by Gasteiger charge is 2.62. The van der Waals surface area contributed by atoms with Crippen LogP contribution in [0.5, 0.6) is 0 Å². The SMILES string of the molecule is O=C(CNCCCn1ccnc1)N[C@@H]1CCN(C2C(F)CC3C(=O)C(C(=O)NCCCN4CCOCC4)=CN4C5CC6OC7CCCCC7C6CC5OC2C34)C1. The average Bonchev–Trinajstić information content (AvgIpc) is 3.98. The molecule has 2 amide bonds. The number of ether oxygens (including phenoxy) is 3. The first-order valence-corrected chi connectivity index (χ1v) is 21.7. The van der Waals surface area contributed by atoms with Crippen molar-refractivity contribution in [3.05, 3.63) is 30.5 Å². The first kappa shape index (κ1) is 38.6. The third-order valence-electron chi connectivity index (χ3n) is 14.3. The van der Waals surface area contributed by atoms with Gasteiger partial charge in [-0.1, -0.05) is 12.8 Å². The van der Waals surface area contributed by atoms with Crippen LogP contribution in [0.4, 0.5) is 4.39 Å². The number of ketones is 1. The largest absolute Gasteiger partial charge is 0.379 e. The van der Waals surface area contributed by atoms with E-state index in [1.165, 1.54) is 19.3 Å². The van der Waals surface area contributed by atoms with Crippen LogP contribution in [0, 0.1) is 17.8 Å². The molecule has 6 heterocycles. The first-order chi connectivity index (χ1) is 27.4. The molecule has 56 heavy (non-hydrogen) atoms. The molecule has 1 aromatic heterocycles. The van der Waals surface area contributed by atoms with Crippen molar-refractivity contribution in [3.8, 4) is 0 Å². The molecule has 15 heteroatoms. The molecule has 0 spiro atoms. The lowest BCUT2D eigenvalue weighted by Gasteiger charge is -2.61. The van der Waals surface area contributed by atoms with Crippen LogP contribution in [0.25, 0.3) is 0 Å². The molecule has 3 saturated carbocycles. The summed E-state index contributed by atoms with van der Waals surface area (Å²) in [7, 11) is 0. The van der Waals surface area contributed by atoms with E-state index < -0.39 is 24.2 Å². The Labute approximate surface area is 329 Å². The number of alkyl halides is 1. The van der Waals surface area contributed by atoms with Crippen LogP contribution >= 0.6 is 0 Å². The van der Waals surface area contributed by atoms with E-state index in [9.17, 15) is 14.4 Å². The van der Waals surface area contributed by atoms with Crippen molar-refractivity contribution in [1.29, 1.82) is 0 Å². The number of nitrogens with zero attached hydrogens (tertiary/aromatic N) is 5. The van der Waals surface area contributed by atoms with Gasteiger partial charge in [-0.3, -0.25) is 24.2 Å². The fraction of sp³-hybridized carbons (Fsp3) is 0.805. The highest BCUT2D eigenvalue weighted by Crippen LogP contribution is 2.53. The van der Waals surface area contributed by atoms with E-state index in [4.69, 9.17) is 14.2 Å². The number of hydrogen-bond acceptors (Lipinski definition) is 11. The Morgan fingerprint density at radius 3 is 2.62 bits per heavy atom. The Morgan fingerprint density at radius 1 is 0.911 bits per heavy atom. The van der Waals surface area contributed by atoms with E-state index >= 15 is 4.39 Å². The maximum atomic E-state index is 16.8. The zero-order valence-electron chi connectivity index (χ0n) is 32.7. The van der Waals surface area contributed by atoms with Gasteiger partial charge in [0.2, 0.25) is 5.91 Å². The van der Waals surface area contributed by atoms with E-state index in [1.54, 1.807) is 12.5 Å². The fourth-order valence-electron chi connectivity index (χ4n) is 11.7. The quantitative estimate of drug-likeness (QED) is 0.197. The lowest BCUT2D eigenvalue weighted by atomic mass is 9.67. The second-order valence-corrected chi connectivity index (χ2v) is 17.6. The molecule has 3 N–H and O–H groups in total. The summed E-state index contributed by atoms with van der Waals surface area (Å²) in [4.78, 5) is 51.8. The number of Topliss-reactive ketones (excluding diaryl/α,β-unsaturated/α-hetero) is 1. The van der Waals surface area contributed by atoms with Gasteiger partial charge in [0.25, 0.3) is 5.91 Å². The van der Waals surface area contributed by atoms with Gasteiger partial charge in [0.1, 0.15) is 6.17 Å². The normalized spacial score (nSPS) is 38.3. The molecule has 11 unspecified atom stereocenters. The molecule has 7 fully saturated rings. The number of morpholine rings is 2. The third-order valence-corrected chi connectivity index (χ3v) is 14.3. The minimum atomic E-state index is -1.31. The minimum Gasteiger partial charge on any atom is -0.379 e. The topological polar surface area (TPSA) is 143 Å². The van der Waals surface area contributed by atoms with Gasteiger partial charge in [-0.15, -0.1) is 0 Å².